The van der Waals surface area contributed by atoms with Gasteiger partial charge >= 0.3 is 0 Å². The molecule has 3 aromatic rings. The van der Waals surface area contributed by atoms with E-state index in [2.05, 4.69) is 25.7 Å². The molecule has 172 valence electrons. The highest BCUT2D eigenvalue weighted by molar-refractivity contribution is 7.99. The van der Waals surface area contributed by atoms with E-state index in [0.29, 0.717) is 29.6 Å². The van der Waals surface area contributed by atoms with Crippen molar-refractivity contribution in [1.82, 2.24) is 20.1 Å². The molecule has 1 fully saturated rings. The van der Waals surface area contributed by atoms with Crippen LogP contribution in [0.1, 0.15) is 15.9 Å². The number of amides is 2. The smallest absolute Gasteiger partial charge is 0.251 e. The summed E-state index contributed by atoms with van der Waals surface area (Å²) in [7, 11) is 1.57. The third-order valence-electron chi connectivity index (χ3n) is 5.23. The Labute approximate surface area is 196 Å². The highest BCUT2D eigenvalue weighted by Crippen LogP contribution is 2.29. The highest BCUT2D eigenvalue weighted by atomic mass is 32.2. The maximum atomic E-state index is 12.6. The van der Waals surface area contributed by atoms with Crippen molar-refractivity contribution in [2.24, 2.45) is 0 Å². The van der Waals surface area contributed by atoms with Gasteiger partial charge in [0.1, 0.15) is 0 Å². The zero-order chi connectivity index (χ0) is 23.2. The molecule has 1 aliphatic heterocycles. The Bertz CT molecular complexity index is 1140. The van der Waals surface area contributed by atoms with Crippen molar-refractivity contribution in [2.45, 2.75) is 12.1 Å². The first-order valence-electron chi connectivity index (χ1n) is 10.7. The number of thioether (sulfide) groups is 1. The number of rotatable bonds is 7. The van der Waals surface area contributed by atoms with Crippen molar-refractivity contribution in [3.63, 3.8) is 0 Å². The molecule has 4 rings (SSSR count). The van der Waals surface area contributed by atoms with Gasteiger partial charge in [-0.05, 0) is 36.8 Å². The second-order valence-corrected chi connectivity index (χ2v) is 8.44. The SMILES string of the molecule is CNC(=O)c1cccc(NC(=O)CSc2nnc(N3CCOCC3)n2-c2ccccc2C)c1. The average Bonchev–Trinajstić information content (AvgIpc) is 3.27. The number of para-hydroxylation sites is 1. The number of hydrogen-bond donors (Lipinski definition) is 2. The van der Waals surface area contributed by atoms with Gasteiger partial charge in [0.25, 0.3) is 5.91 Å². The van der Waals surface area contributed by atoms with Crippen LogP contribution in [0.25, 0.3) is 5.69 Å². The summed E-state index contributed by atoms with van der Waals surface area (Å²) in [6.07, 6.45) is 0. The maximum absolute atomic E-state index is 12.6. The van der Waals surface area contributed by atoms with Gasteiger partial charge in [0.15, 0.2) is 5.16 Å². The fourth-order valence-corrected chi connectivity index (χ4v) is 4.30. The molecule has 1 saturated heterocycles. The van der Waals surface area contributed by atoms with Crippen LogP contribution in [-0.2, 0) is 9.53 Å². The van der Waals surface area contributed by atoms with E-state index >= 15 is 0 Å². The Morgan fingerprint density at radius 3 is 2.64 bits per heavy atom. The number of carbonyl (C=O) groups excluding carboxylic acids is 2. The largest absolute Gasteiger partial charge is 0.378 e. The first kappa shape index (κ1) is 22.8. The van der Waals surface area contributed by atoms with Crippen LogP contribution in [0, 0.1) is 6.92 Å². The zero-order valence-electron chi connectivity index (χ0n) is 18.6. The van der Waals surface area contributed by atoms with Gasteiger partial charge in [-0.2, -0.15) is 0 Å². The zero-order valence-corrected chi connectivity index (χ0v) is 19.4. The lowest BCUT2D eigenvalue weighted by atomic mass is 10.2. The quantitative estimate of drug-likeness (QED) is 0.516. The fraction of sp³-hybridized carbons (Fsp3) is 0.304. The molecule has 9 nitrogen and oxygen atoms in total. The van der Waals surface area contributed by atoms with Gasteiger partial charge in [-0.1, -0.05) is 36.0 Å². The topological polar surface area (TPSA) is 101 Å². The molecule has 33 heavy (non-hydrogen) atoms. The summed E-state index contributed by atoms with van der Waals surface area (Å²) in [5.74, 6) is 0.495. The molecule has 2 amide bonds. The van der Waals surface area contributed by atoms with Gasteiger partial charge in [0, 0.05) is 31.4 Å². The molecule has 10 heteroatoms. The summed E-state index contributed by atoms with van der Waals surface area (Å²) in [5, 5.41) is 14.9. The lowest BCUT2D eigenvalue weighted by Crippen LogP contribution is -2.38. The highest BCUT2D eigenvalue weighted by Gasteiger charge is 2.23. The van der Waals surface area contributed by atoms with E-state index in [9.17, 15) is 9.59 Å². The third kappa shape index (κ3) is 5.35. The lowest BCUT2D eigenvalue weighted by Gasteiger charge is -2.28. The monoisotopic (exact) mass is 466 g/mol. The molecule has 0 saturated carbocycles. The van der Waals surface area contributed by atoms with E-state index in [1.165, 1.54) is 11.8 Å². The average molecular weight is 467 g/mol. The van der Waals surface area contributed by atoms with Crippen LogP contribution in [-0.4, -0.2) is 65.7 Å². The number of aryl methyl sites for hydroxylation is 1. The van der Waals surface area contributed by atoms with Crippen LogP contribution >= 0.6 is 11.8 Å². The van der Waals surface area contributed by atoms with Crippen LogP contribution in [0.2, 0.25) is 0 Å². The standard InChI is InChI=1S/C23H26N6O3S/c1-16-6-3-4-9-19(16)29-22(28-10-12-32-13-11-28)26-27-23(29)33-15-20(30)25-18-8-5-7-17(14-18)21(31)24-2/h3-9,14H,10-13,15H2,1-2H3,(H,24,31)(H,25,30). The minimum Gasteiger partial charge on any atom is -0.378 e. The van der Waals surface area contributed by atoms with E-state index in [-0.39, 0.29) is 17.6 Å². The fourth-order valence-electron chi connectivity index (χ4n) is 3.56. The first-order valence-corrected chi connectivity index (χ1v) is 11.6. The predicted molar refractivity (Wildman–Crippen MR) is 128 cm³/mol. The molecule has 2 N–H and O–H groups in total. The van der Waals surface area contributed by atoms with Crippen LogP contribution < -0.4 is 15.5 Å². The van der Waals surface area contributed by atoms with Crippen LogP contribution in [0.3, 0.4) is 0 Å². The van der Waals surface area contributed by atoms with E-state index in [1.807, 2.05) is 35.8 Å². The summed E-state index contributed by atoms with van der Waals surface area (Å²) in [6, 6.07) is 14.9. The van der Waals surface area contributed by atoms with Crippen molar-refractivity contribution in [2.75, 3.05) is 49.3 Å². The Morgan fingerprint density at radius 2 is 1.88 bits per heavy atom. The maximum Gasteiger partial charge on any atom is 0.251 e. The molecule has 0 aliphatic carbocycles. The molecule has 0 unspecified atom stereocenters. The van der Waals surface area contributed by atoms with Gasteiger partial charge in [0.2, 0.25) is 11.9 Å². The van der Waals surface area contributed by atoms with Crippen LogP contribution in [0.5, 0.6) is 0 Å². The molecule has 2 aromatic carbocycles. The molecular weight excluding hydrogens is 440 g/mol. The number of morpholine rings is 1. The normalized spacial score (nSPS) is 13.6. The summed E-state index contributed by atoms with van der Waals surface area (Å²) in [6.45, 7) is 4.79. The Balaban J connectivity index is 1.52. The number of ether oxygens (including phenoxy) is 1. The number of nitrogens with zero attached hydrogens (tertiary/aromatic N) is 4. The van der Waals surface area contributed by atoms with E-state index in [4.69, 9.17) is 4.74 Å². The van der Waals surface area contributed by atoms with Gasteiger partial charge in [-0.25, -0.2) is 0 Å². The molecule has 0 atom stereocenters. The third-order valence-corrected chi connectivity index (χ3v) is 6.16. The number of carbonyl (C=O) groups is 2. The molecule has 0 bridgehead atoms. The molecule has 0 spiro atoms. The van der Waals surface area contributed by atoms with Crippen LogP contribution in [0.15, 0.2) is 53.7 Å². The number of hydrogen-bond acceptors (Lipinski definition) is 7. The molecule has 1 aromatic heterocycles. The van der Waals surface area contributed by atoms with E-state index in [1.54, 1.807) is 31.3 Å². The minimum absolute atomic E-state index is 0.150. The molecular formula is C23H26N6O3S. The number of nitrogens with one attached hydrogen (secondary N) is 2. The predicted octanol–water partition coefficient (Wildman–Crippen LogP) is 2.50. The molecule has 2 heterocycles. The van der Waals surface area contributed by atoms with Gasteiger partial charge in [-0.15, -0.1) is 10.2 Å². The second-order valence-electron chi connectivity index (χ2n) is 7.50. The minimum atomic E-state index is -0.206. The summed E-state index contributed by atoms with van der Waals surface area (Å²) in [5.41, 5.74) is 3.11. The summed E-state index contributed by atoms with van der Waals surface area (Å²) in [4.78, 5) is 26.6. The lowest BCUT2D eigenvalue weighted by molar-refractivity contribution is -0.113. The van der Waals surface area contributed by atoms with E-state index < -0.39 is 0 Å². The number of aromatic nitrogens is 3. The van der Waals surface area contributed by atoms with Gasteiger partial charge in [-0.3, -0.25) is 14.2 Å². The number of anilines is 2. The molecule has 0 radical (unpaired) electrons. The van der Waals surface area contributed by atoms with Crippen LogP contribution in [0.4, 0.5) is 11.6 Å². The molecule has 1 aliphatic rings. The number of benzene rings is 2. The van der Waals surface area contributed by atoms with Gasteiger partial charge < -0.3 is 20.3 Å². The van der Waals surface area contributed by atoms with E-state index in [0.717, 1.165) is 30.3 Å². The van der Waals surface area contributed by atoms with Crippen molar-refractivity contribution in [1.29, 1.82) is 0 Å². The van der Waals surface area contributed by atoms with Crippen molar-refractivity contribution in [3.05, 3.63) is 59.7 Å². The van der Waals surface area contributed by atoms with Crippen molar-refractivity contribution in [3.8, 4) is 5.69 Å². The first-order chi connectivity index (χ1) is 16.1. The Morgan fingerprint density at radius 1 is 1.09 bits per heavy atom. The Hall–Kier alpha value is -3.37. The second kappa shape index (κ2) is 10.5. The van der Waals surface area contributed by atoms with Crippen molar-refractivity contribution < 1.29 is 14.3 Å². The summed E-state index contributed by atoms with van der Waals surface area (Å²) < 4.78 is 7.49. The van der Waals surface area contributed by atoms with Gasteiger partial charge in [0.05, 0.1) is 24.7 Å². The van der Waals surface area contributed by atoms with Crippen molar-refractivity contribution >= 4 is 35.2 Å². The Kier molecular flexibility index (Phi) is 7.26. The summed E-state index contributed by atoms with van der Waals surface area (Å²) >= 11 is 1.32.